The number of hydrogen-bond donors (Lipinski definition) is 2. The van der Waals surface area contributed by atoms with Crippen molar-refractivity contribution in [2.45, 2.75) is 90.1 Å². The molecular weight excluding hydrogens is 392 g/mol. The number of fused-ring (bicyclic) bond motifs is 1. The Hall–Kier alpha value is -2.09. The van der Waals surface area contributed by atoms with E-state index >= 15 is 0 Å². The van der Waals surface area contributed by atoms with E-state index in [0.717, 1.165) is 37.6 Å². The molecule has 2 aromatic rings. The monoisotopic (exact) mass is 430 g/mol. The van der Waals surface area contributed by atoms with Crippen molar-refractivity contribution in [3.8, 4) is 6.01 Å². The van der Waals surface area contributed by atoms with E-state index in [9.17, 15) is 4.79 Å². The first-order chi connectivity index (χ1) is 15.2. The van der Waals surface area contributed by atoms with Crippen LogP contribution in [0.15, 0.2) is 4.79 Å². The van der Waals surface area contributed by atoms with Crippen molar-refractivity contribution in [2.24, 2.45) is 5.92 Å². The zero-order valence-electron chi connectivity index (χ0n) is 18.9. The van der Waals surface area contributed by atoms with Crippen molar-refractivity contribution in [2.75, 3.05) is 25.4 Å². The molecule has 0 radical (unpaired) electrons. The number of aryl methyl sites for hydroxylation is 1. The van der Waals surface area contributed by atoms with Gasteiger partial charge in [-0.2, -0.15) is 9.97 Å². The van der Waals surface area contributed by atoms with E-state index in [1.807, 2.05) is 0 Å². The van der Waals surface area contributed by atoms with Gasteiger partial charge in [0.05, 0.1) is 6.61 Å². The molecule has 31 heavy (non-hydrogen) atoms. The van der Waals surface area contributed by atoms with Gasteiger partial charge in [0.25, 0.3) is 0 Å². The summed E-state index contributed by atoms with van der Waals surface area (Å²) in [5.41, 5.74) is 6.92. The first-order valence-electron chi connectivity index (χ1n) is 12.3. The maximum absolute atomic E-state index is 12.5. The van der Waals surface area contributed by atoms with Gasteiger partial charge < -0.3 is 20.4 Å². The summed E-state index contributed by atoms with van der Waals surface area (Å²) in [6.07, 6.45) is 13.6. The van der Waals surface area contributed by atoms with Gasteiger partial charge >= 0.3 is 11.7 Å². The summed E-state index contributed by atoms with van der Waals surface area (Å²) in [6.45, 7) is 5.84. The van der Waals surface area contributed by atoms with Crippen molar-refractivity contribution in [1.82, 2.24) is 24.4 Å². The highest BCUT2D eigenvalue weighted by Gasteiger charge is 2.26. The lowest BCUT2D eigenvalue weighted by Gasteiger charge is -2.36. The Morgan fingerprint density at radius 3 is 2.61 bits per heavy atom. The highest BCUT2D eigenvalue weighted by atomic mass is 16.5. The molecule has 2 aromatic heterocycles. The number of aromatic nitrogens is 4. The molecular formula is C23H38N6O2. The van der Waals surface area contributed by atoms with Crippen LogP contribution in [0.3, 0.4) is 0 Å². The standard InChI is InChI=1S/C23H38N6O2/c1-2-3-16-31-22-26-20(24)19-21(27-22)29(23(30)25-19)13-7-6-8-17-11-14-28(15-12-17)18-9-4-5-10-18/h17-18H,2-16H2,1H3,(H,25,30)(H2,24,26,27). The Morgan fingerprint density at radius 2 is 1.87 bits per heavy atom. The molecule has 0 atom stereocenters. The zero-order chi connectivity index (χ0) is 21.6. The molecule has 0 spiro atoms. The van der Waals surface area contributed by atoms with Gasteiger partial charge in [-0.15, -0.1) is 0 Å². The van der Waals surface area contributed by atoms with Crippen LogP contribution in [0.1, 0.15) is 77.6 Å². The molecule has 0 aromatic carbocycles. The Balaban J connectivity index is 1.28. The van der Waals surface area contributed by atoms with E-state index in [0.29, 0.717) is 24.3 Å². The lowest BCUT2D eigenvalue weighted by molar-refractivity contribution is 0.129. The molecule has 3 N–H and O–H groups in total. The third-order valence-electron chi connectivity index (χ3n) is 7.09. The number of imidazole rings is 1. The second kappa shape index (κ2) is 10.5. The minimum Gasteiger partial charge on any atom is -0.463 e. The summed E-state index contributed by atoms with van der Waals surface area (Å²) in [7, 11) is 0. The maximum Gasteiger partial charge on any atom is 0.327 e. The van der Waals surface area contributed by atoms with Crippen molar-refractivity contribution in [1.29, 1.82) is 0 Å². The molecule has 4 rings (SSSR count). The fourth-order valence-corrected chi connectivity index (χ4v) is 5.19. The van der Waals surface area contributed by atoms with Gasteiger partial charge in [0, 0.05) is 12.6 Å². The van der Waals surface area contributed by atoms with Gasteiger partial charge in [0.15, 0.2) is 11.5 Å². The Kier molecular flexibility index (Phi) is 7.48. The molecule has 2 aliphatic rings. The number of nitrogens with one attached hydrogen (secondary N) is 1. The number of rotatable bonds is 10. The smallest absolute Gasteiger partial charge is 0.327 e. The topological polar surface area (TPSA) is 102 Å². The van der Waals surface area contributed by atoms with Crippen LogP contribution in [-0.4, -0.2) is 50.2 Å². The first kappa shape index (κ1) is 22.1. The predicted molar refractivity (Wildman–Crippen MR) is 123 cm³/mol. The van der Waals surface area contributed by atoms with E-state index in [2.05, 4.69) is 26.8 Å². The van der Waals surface area contributed by atoms with Crippen LogP contribution in [0, 0.1) is 5.92 Å². The summed E-state index contributed by atoms with van der Waals surface area (Å²) in [6, 6.07) is 1.11. The average molecular weight is 431 g/mol. The van der Waals surface area contributed by atoms with E-state index in [1.165, 1.54) is 58.0 Å². The average Bonchev–Trinajstić information content (AvgIpc) is 3.41. The van der Waals surface area contributed by atoms with Crippen LogP contribution >= 0.6 is 0 Å². The van der Waals surface area contributed by atoms with Crippen LogP contribution in [0.25, 0.3) is 11.2 Å². The summed E-state index contributed by atoms with van der Waals surface area (Å²) in [5, 5.41) is 0. The molecule has 3 heterocycles. The van der Waals surface area contributed by atoms with E-state index in [-0.39, 0.29) is 17.5 Å². The molecule has 1 saturated carbocycles. The molecule has 172 valence electrons. The van der Waals surface area contributed by atoms with Gasteiger partial charge in [-0.05, 0) is 57.5 Å². The molecule has 1 aliphatic heterocycles. The van der Waals surface area contributed by atoms with Gasteiger partial charge in [-0.3, -0.25) is 4.57 Å². The van der Waals surface area contributed by atoms with Crippen molar-refractivity contribution in [3.63, 3.8) is 0 Å². The van der Waals surface area contributed by atoms with Crippen LogP contribution in [-0.2, 0) is 6.54 Å². The maximum atomic E-state index is 12.5. The lowest BCUT2D eigenvalue weighted by atomic mass is 9.90. The quantitative estimate of drug-likeness (QED) is 0.557. The van der Waals surface area contributed by atoms with Gasteiger partial charge in [-0.25, -0.2) is 4.79 Å². The number of nitrogens with zero attached hydrogens (tertiary/aromatic N) is 4. The van der Waals surface area contributed by atoms with Gasteiger partial charge in [0.1, 0.15) is 5.52 Å². The number of piperidine rings is 1. The molecule has 0 amide bonds. The number of nitrogens with two attached hydrogens (primary N) is 1. The molecule has 8 nitrogen and oxygen atoms in total. The number of anilines is 1. The number of aromatic amines is 1. The molecule has 0 unspecified atom stereocenters. The van der Waals surface area contributed by atoms with Crippen molar-refractivity contribution < 1.29 is 4.74 Å². The van der Waals surface area contributed by atoms with Crippen molar-refractivity contribution in [3.05, 3.63) is 10.5 Å². The molecule has 1 aliphatic carbocycles. The van der Waals surface area contributed by atoms with E-state index in [4.69, 9.17) is 10.5 Å². The summed E-state index contributed by atoms with van der Waals surface area (Å²) in [5.74, 6) is 1.09. The highest BCUT2D eigenvalue weighted by Crippen LogP contribution is 2.29. The minimum atomic E-state index is -0.174. The highest BCUT2D eigenvalue weighted by molar-refractivity contribution is 5.81. The van der Waals surface area contributed by atoms with Crippen LogP contribution in [0.5, 0.6) is 6.01 Å². The summed E-state index contributed by atoms with van der Waals surface area (Å²) < 4.78 is 7.30. The number of nitrogen functional groups attached to an aromatic ring is 1. The molecule has 0 bridgehead atoms. The Morgan fingerprint density at radius 1 is 1.10 bits per heavy atom. The third-order valence-corrected chi connectivity index (χ3v) is 7.09. The SMILES string of the molecule is CCCCOc1nc(N)c2[nH]c(=O)n(CCCCC3CCN(C4CCCC4)CC3)c2n1. The third kappa shape index (κ3) is 5.40. The molecule has 8 heteroatoms. The minimum absolute atomic E-state index is 0.174. The van der Waals surface area contributed by atoms with Crippen LogP contribution in [0.2, 0.25) is 0 Å². The summed E-state index contributed by atoms with van der Waals surface area (Å²) >= 11 is 0. The second-order valence-electron chi connectivity index (χ2n) is 9.29. The van der Waals surface area contributed by atoms with Crippen LogP contribution < -0.4 is 16.2 Å². The largest absolute Gasteiger partial charge is 0.463 e. The number of H-pyrrole nitrogens is 1. The zero-order valence-corrected chi connectivity index (χ0v) is 18.9. The van der Waals surface area contributed by atoms with Gasteiger partial charge in [0.2, 0.25) is 0 Å². The number of hydrogen-bond acceptors (Lipinski definition) is 6. The molecule has 1 saturated heterocycles. The van der Waals surface area contributed by atoms with Gasteiger partial charge in [-0.1, -0.05) is 39.0 Å². The second-order valence-corrected chi connectivity index (χ2v) is 9.29. The lowest BCUT2D eigenvalue weighted by Crippen LogP contribution is -2.40. The fraction of sp³-hybridized carbons (Fsp3) is 0.783. The van der Waals surface area contributed by atoms with E-state index in [1.54, 1.807) is 4.57 Å². The summed E-state index contributed by atoms with van der Waals surface area (Å²) in [4.78, 5) is 26.6. The van der Waals surface area contributed by atoms with Crippen molar-refractivity contribution >= 4 is 17.0 Å². The Labute approximate surface area is 184 Å². The first-order valence-corrected chi connectivity index (χ1v) is 12.3. The van der Waals surface area contributed by atoms with Crippen LogP contribution in [0.4, 0.5) is 5.82 Å². The predicted octanol–water partition coefficient (Wildman–Crippen LogP) is 3.71. The van der Waals surface area contributed by atoms with E-state index < -0.39 is 0 Å². The Bertz CT molecular complexity index is 893. The molecule has 2 fully saturated rings. The number of ether oxygens (including phenoxy) is 1. The number of likely N-dealkylation sites (tertiary alicyclic amines) is 1. The fourth-order valence-electron chi connectivity index (χ4n) is 5.19. The number of unbranched alkanes of at least 4 members (excludes halogenated alkanes) is 2. The normalized spacial score (nSPS) is 18.9.